The second kappa shape index (κ2) is 4.78. The van der Waals surface area contributed by atoms with Crippen LogP contribution in [-0.4, -0.2) is 5.11 Å². The molecule has 0 atom stereocenters. The largest absolute Gasteiger partial charge is 0.384 e. The highest BCUT2D eigenvalue weighted by molar-refractivity contribution is 5.31. The van der Waals surface area contributed by atoms with Crippen LogP contribution < -0.4 is 0 Å². The molecule has 0 unspecified atom stereocenters. The van der Waals surface area contributed by atoms with Gasteiger partial charge in [0.1, 0.15) is 6.10 Å². The quantitative estimate of drug-likeness (QED) is 0.817. The third-order valence-corrected chi connectivity index (χ3v) is 2.52. The molecule has 2 rings (SSSR count). The molecule has 0 aliphatic heterocycles. The molecule has 0 saturated heterocycles. The van der Waals surface area contributed by atoms with Gasteiger partial charge < -0.3 is 5.11 Å². The number of hydrogen-bond acceptors (Lipinski definition) is 1. The zero-order valence-corrected chi connectivity index (χ0v) is 9.00. The van der Waals surface area contributed by atoms with Crippen molar-refractivity contribution in [3.05, 3.63) is 70.8 Å². The average molecular weight is 256 g/mol. The van der Waals surface area contributed by atoms with E-state index in [9.17, 15) is 22.7 Å². The molecule has 94 valence electrons. The molecule has 0 fully saturated rings. The first kappa shape index (κ1) is 12.6. The number of benzene rings is 2. The monoisotopic (exact) mass is 256 g/mol. The molecular weight excluding hydrogens is 248 g/mol. The summed E-state index contributed by atoms with van der Waals surface area (Å²) in [7, 11) is 0. The summed E-state index contributed by atoms with van der Waals surface area (Å²) in [5, 5.41) is 9.84. The standard InChI is InChI=1S/C13H8F4O/c14-9-3-1-7(5-11(9)16)13(18)8-2-4-10(15)12(17)6-8/h1-6,13,18H. The van der Waals surface area contributed by atoms with Gasteiger partial charge in [-0.1, -0.05) is 12.1 Å². The van der Waals surface area contributed by atoms with Crippen LogP contribution in [0.15, 0.2) is 36.4 Å². The second-order valence-corrected chi connectivity index (χ2v) is 3.75. The van der Waals surface area contributed by atoms with Gasteiger partial charge in [0.25, 0.3) is 0 Å². The molecule has 0 spiro atoms. The van der Waals surface area contributed by atoms with E-state index in [1.54, 1.807) is 0 Å². The van der Waals surface area contributed by atoms with Crippen LogP contribution in [0.5, 0.6) is 0 Å². The smallest absolute Gasteiger partial charge is 0.159 e. The van der Waals surface area contributed by atoms with E-state index in [2.05, 4.69) is 0 Å². The van der Waals surface area contributed by atoms with Gasteiger partial charge in [-0.05, 0) is 35.4 Å². The zero-order chi connectivity index (χ0) is 13.3. The van der Waals surface area contributed by atoms with Crippen molar-refractivity contribution in [1.29, 1.82) is 0 Å². The third kappa shape index (κ3) is 2.36. The Hall–Kier alpha value is -1.88. The minimum atomic E-state index is -1.35. The Labute approximate surface area is 100 Å². The fourth-order valence-corrected chi connectivity index (χ4v) is 1.56. The average Bonchev–Trinajstić information content (AvgIpc) is 2.35. The van der Waals surface area contributed by atoms with Crippen molar-refractivity contribution in [2.45, 2.75) is 6.10 Å². The molecule has 0 bridgehead atoms. The lowest BCUT2D eigenvalue weighted by atomic mass is 10.0. The van der Waals surface area contributed by atoms with Crippen LogP contribution in [0.1, 0.15) is 17.2 Å². The topological polar surface area (TPSA) is 20.2 Å². The van der Waals surface area contributed by atoms with Crippen molar-refractivity contribution in [3.8, 4) is 0 Å². The third-order valence-electron chi connectivity index (χ3n) is 2.52. The Morgan fingerprint density at radius 3 is 1.39 bits per heavy atom. The Bertz CT molecular complexity index is 532. The molecule has 2 aromatic carbocycles. The number of hydrogen-bond donors (Lipinski definition) is 1. The number of aliphatic hydroxyl groups is 1. The van der Waals surface area contributed by atoms with Gasteiger partial charge in [-0.25, -0.2) is 17.6 Å². The predicted octanol–water partition coefficient (Wildman–Crippen LogP) is 3.32. The van der Waals surface area contributed by atoms with Crippen LogP contribution in [-0.2, 0) is 0 Å². The van der Waals surface area contributed by atoms with Crippen molar-refractivity contribution < 1.29 is 22.7 Å². The summed E-state index contributed by atoms with van der Waals surface area (Å²) in [5.41, 5.74) is 0.111. The Morgan fingerprint density at radius 1 is 0.667 bits per heavy atom. The van der Waals surface area contributed by atoms with E-state index in [1.165, 1.54) is 12.1 Å². The van der Waals surface area contributed by atoms with Gasteiger partial charge in [-0.2, -0.15) is 0 Å². The summed E-state index contributed by atoms with van der Waals surface area (Å²) in [6.45, 7) is 0. The maximum absolute atomic E-state index is 13.0. The van der Waals surface area contributed by atoms with E-state index in [4.69, 9.17) is 0 Å². The van der Waals surface area contributed by atoms with Gasteiger partial charge in [-0.15, -0.1) is 0 Å². The van der Waals surface area contributed by atoms with E-state index >= 15 is 0 Å². The number of halogens is 4. The summed E-state index contributed by atoms with van der Waals surface area (Å²) in [6, 6.07) is 5.67. The van der Waals surface area contributed by atoms with Gasteiger partial charge in [0, 0.05) is 0 Å². The lowest BCUT2D eigenvalue weighted by Gasteiger charge is -2.12. The van der Waals surface area contributed by atoms with Gasteiger partial charge in [0.15, 0.2) is 23.3 Å². The minimum absolute atomic E-state index is 0.0555. The molecule has 0 saturated carbocycles. The Balaban J connectivity index is 2.37. The highest BCUT2D eigenvalue weighted by atomic mass is 19.2. The van der Waals surface area contributed by atoms with Crippen LogP contribution in [0, 0.1) is 23.3 Å². The molecule has 0 aliphatic carbocycles. The van der Waals surface area contributed by atoms with E-state index < -0.39 is 29.4 Å². The van der Waals surface area contributed by atoms with Crippen LogP contribution in [0.25, 0.3) is 0 Å². The molecular formula is C13H8F4O. The van der Waals surface area contributed by atoms with Crippen molar-refractivity contribution >= 4 is 0 Å². The second-order valence-electron chi connectivity index (χ2n) is 3.75. The summed E-state index contributed by atoms with van der Waals surface area (Å²) in [4.78, 5) is 0. The van der Waals surface area contributed by atoms with Crippen molar-refractivity contribution in [2.24, 2.45) is 0 Å². The lowest BCUT2D eigenvalue weighted by Crippen LogP contribution is -2.02. The van der Waals surface area contributed by atoms with E-state index in [1.807, 2.05) is 0 Å². The van der Waals surface area contributed by atoms with Gasteiger partial charge in [0.05, 0.1) is 0 Å². The molecule has 0 radical (unpaired) electrons. The maximum atomic E-state index is 13.0. The normalized spacial score (nSPS) is 11.0. The summed E-state index contributed by atoms with van der Waals surface area (Å²) < 4.78 is 51.4. The summed E-state index contributed by atoms with van der Waals surface area (Å²) >= 11 is 0. The van der Waals surface area contributed by atoms with Crippen LogP contribution in [0.3, 0.4) is 0 Å². The number of rotatable bonds is 2. The van der Waals surface area contributed by atoms with E-state index in [0.29, 0.717) is 0 Å². The molecule has 0 aromatic heterocycles. The molecule has 2 aromatic rings. The molecule has 0 amide bonds. The molecule has 5 heteroatoms. The Kier molecular flexibility index (Phi) is 3.34. The van der Waals surface area contributed by atoms with E-state index in [-0.39, 0.29) is 11.1 Å². The first-order chi connectivity index (χ1) is 8.49. The van der Waals surface area contributed by atoms with Gasteiger partial charge in [-0.3, -0.25) is 0 Å². The minimum Gasteiger partial charge on any atom is -0.384 e. The molecule has 1 nitrogen and oxygen atoms in total. The highest BCUT2D eigenvalue weighted by Gasteiger charge is 2.14. The first-order valence-electron chi connectivity index (χ1n) is 5.07. The molecule has 1 N–H and O–H groups in total. The molecule has 18 heavy (non-hydrogen) atoms. The van der Waals surface area contributed by atoms with Gasteiger partial charge in [0.2, 0.25) is 0 Å². The zero-order valence-electron chi connectivity index (χ0n) is 9.00. The van der Waals surface area contributed by atoms with Crippen LogP contribution in [0.2, 0.25) is 0 Å². The predicted molar refractivity (Wildman–Crippen MR) is 56.8 cm³/mol. The fourth-order valence-electron chi connectivity index (χ4n) is 1.56. The first-order valence-corrected chi connectivity index (χ1v) is 5.07. The summed E-state index contributed by atoms with van der Waals surface area (Å²) in [6.07, 6.45) is -1.35. The van der Waals surface area contributed by atoms with Crippen molar-refractivity contribution in [3.63, 3.8) is 0 Å². The van der Waals surface area contributed by atoms with Crippen molar-refractivity contribution in [2.75, 3.05) is 0 Å². The van der Waals surface area contributed by atoms with E-state index in [0.717, 1.165) is 24.3 Å². The summed E-state index contributed by atoms with van der Waals surface area (Å²) in [5.74, 6) is -4.32. The highest BCUT2D eigenvalue weighted by Crippen LogP contribution is 2.24. The van der Waals surface area contributed by atoms with Crippen LogP contribution in [0.4, 0.5) is 17.6 Å². The molecule has 0 aliphatic rings. The lowest BCUT2D eigenvalue weighted by molar-refractivity contribution is 0.218. The van der Waals surface area contributed by atoms with Crippen LogP contribution >= 0.6 is 0 Å². The Morgan fingerprint density at radius 2 is 1.06 bits per heavy atom. The van der Waals surface area contributed by atoms with Gasteiger partial charge >= 0.3 is 0 Å². The fraction of sp³-hybridized carbons (Fsp3) is 0.0769. The SMILES string of the molecule is OC(c1ccc(F)c(F)c1)c1ccc(F)c(F)c1. The molecule has 0 heterocycles. The number of aliphatic hydroxyl groups excluding tert-OH is 1. The maximum Gasteiger partial charge on any atom is 0.159 e. The van der Waals surface area contributed by atoms with Crippen molar-refractivity contribution in [1.82, 2.24) is 0 Å².